The zero-order valence-corrected chi connectivity index (χ0v) is 25.3. The van der Waals surface area contributed by atoms with E-state index < -0.39 is 16.9 Å². The fourth-order valence-corrected chi connectivity index (χ4v) is 7.55. The molecule has 2 aliphatic rings. The molecule has 0 radical (unpaired) electrons. The smallest absolute Gasteiger partial charge is 0.158 e. The van der Waals surface area contributed by atoms with Crippen molar-refractivity contribution in [2.45, 2.75) is 74.1 Å². The van der Waals surface area contributed by atoms with Crippen molar-refractivity contribution in [1.82, 2.24) is 24.7 Å². The summed E-state index contributed by atoms with van der Waals surface area (Å²) in [5, 5.41) is 0.939. The van der Waals surface area contributed by atoms with E-state index in [-0.39, 0.29) is 16.0 Å². The Morgan fingerprint density at radius 2 is 1.85 bits per heavy atom. The number of pyridine rings is 2. The zero-order chi connectivity index (χ0) is 28.2. The standard InChI is InChI=1S/C27H35ClN8OS2/c1-16-12-17-18(32-14-16)13-27(26(17,5)35-39(37)25(2,3)4)7-10-36(11-8-27)20-15-33-24(23(30)34-20)38-19-6-9-31-22(29)21(19)28/h6,9,12,14-15,35H,7-8,10-11,13H2,1-5H3,(H2,29,31)(H2,30,34). The van der Waals surface area contributed by atoms with E-state index in [1.807, 2.05) is 27.0 Å². The minimum Gasteiger partial charge on any atom is -0.598 e. The number of nitrogen functional groups attached to an aromatic ring is 2. The second-order valence-electron chi connectivity index (χ2n) is 11.6. The van der Waals surface area contributed by atoms with Crippen LogP contribution in [0.5, 0.6) is 0 Å². The molecule has 0 saturated carbocycles. The molecule has 1 saturated heterocycles. The molecular formula is C27H35ClN8OS2. The number of nitrogens with two attached hydrogens (primary N) is 2. The molecule has 4 heterocycles. The Morgan fingerprint density at radius 1 is 1.13 bits per heavy atom. The molecule has 0 aromatic carbocycles. The van der Waals surface area contributed by atoms with Crippen molar-refractivity contribution in [3.63, 3.8) is 0 Å². The van der Waals surface area contributed by atoms with Gasteiger partial charge in [0.25, 0.3) is 0 Å². The van der Waals surface area contributed by atoms with Crippen LogP contribution in [0.4, 0.5) is 17.5 Å². The van der Waals surface area contributed by atoms with Crippen LogP contribution in [0.3, 0.4) is 0 Å². The highest BCUT2D eigenvalue weighted by atomic mass is 35.5. The first kappa shape index (κ1) is 28.2. The lowest BCUT2D eigenvalue weighted by molar-refractivity contribution is 0.0995. The maximum absolute atomic E-state index is 13.4. The number of hydrogen-bond acceptors (Lipinski definition) is 10. The summed E-state index contributed by atoms with van der Waals surface area (Å²) in [6, 6.07) is 3.98. The average Bonchev–Trinajstić information content (AvgIpc) is 3.10. The van der Waals surface area contributed by atoms with E-state index in [1.165, 1.54) is 11.8 Å². The van der Waals surface area contributed by atoms with Gasteiger partial charge in [-0.1, -0.05) is 29.4 Å². The molecule has 5 rings (SSSR count). The highest BCUT2D eigenvalue weighted by Crippen LogP contribution is 2.56. The number of piperidine rings is 1. The molecule has 9 nitrogen and oxygen atoms in total. The number of nitrogens with one attached hydrogen (secondary N) is 1. The van der Waals surface area contributed by atoms with Gasteiger partial charge in [0, 0.05) is 52.8 Å². The predicted octanol–water partition coefficient (Wildman–Crippen LogP) is 4.65. The lowest BCUT2D eigenvalue weighted by Crippen LogP contribution is -2.59. The van der Waals surface area contributed by atoms with Gasteiger partial charge in [-0.15, -0.1) is 4.72 Å². The van der Waals surface area contributed by atoms with Crippen LogP contribution in [0.25, 0.3) is 0 Å². The van der Waals surface area contributed by atoms with Gasteiger partial charge in [0.15, 0.2) is 5.82 Å². The summed E-state index contributed by atoms with van der Waals surface area (Å²) in [4.78, 5) is 21.0. The second kappa shape index (κ2) is 10.3. The number of fused-ring (bicyclic) bond motifs is 1. The third-order valence-electron chi connectivity index (χ3n) is 7.95. The SMILES string of the molecule is Cc1cnc2c(c1)C(C)(N[S+]([O-])C(C)(C)C)C1(CCN(c3cnc(Sc4ccnc(N)c4Cl)c(N)n3)CC1)C2. The molecule has 3 aromatic rings. The molecular weight excluding hydrogens is 552 g/mol. The van der Waals surface area contributed by atoms with Gasteiger partial charge in [-0.3, -0.25) is 4.98 Å². The molecule has 2 atom stereocenters. The van der Waals surface area contributed by atoms with Gasteiger partial charge in [-0.25, -0.2) is 15.0 Å². The van der Waals surface area contributed by atoms with Gasteiger partial charge < -0.3 is 20.9 Å². The molecule has 5 N–H and O–H groups in total. The van der Waals surface area contributed by atoms with Gasteiger partial charge >= 0.3 is 0 Å². The predicted molar refractivity (Wildman–Crippen MR) is 159 cm³/mol. The lowest BCUT2D eigenvalue weighted by Gasteiger charge is -2.49. The Labute approximate surface area is 242 Å². The van der Waals surface area contributed by atoms with Gasteiger partial charge in [-0.2, -0.15) is 0 Å². The van der Waals surface area contributed by atoms with E-state index in [1.54, 1.807) is 18.5 Å². The van der Waals surface area contributed by atoms with Gasteiger partial charge in [0.1, 0.15) is 21.4 Å². The van der Waals surface area contributed by atoms with E-state index in [4.69, 9.17) is 28.1 Å². The van der Waals surface area contributed by atoms with Crippen LogP contribution >= 0.6 is 23.4 Å². The van der Waals surface area contributed by atoms with Crippen LogP contribution in [-0.2, 0) is 23.3 Å². The van der Waals surface area contributed by atoms with Crippen molar-refractivity contribution in [1.29, 1.82) is 0 Å². The molecule has 1 fully saturated rings. The van der Waals surface area contributed by atoms with Gasteiger partial charge in [-0.05, 0) is 71.1 Å². The number of rotatable bonds is 5. The highest BCUT2D eigenvalue weighted by molar-refractivity contribution is 7.99. The number of aromatic nitrogens is 4. The van der Waals surface area contributed by atoms with Gasteiger partial charge in [0.2, 0.25) is 0 Å². The van der Waals surface area contributed by atoms with Crippen LogP contribution in [-0.4, -0.2) is 42.3 Å². The molecule has 12 heteroatoms. The van der Waals surface area contributed by atoms with Crippen LogP contribution in [0.1, 0.15) is 57.4 Å². The van der Waals surface area contributed by atoms with Gasteiger partial charge in [0.05, 0.1) is 16.8 Å². The first-order chi connectivity index (χ1) is 18.3. The van der Waals surface area contributed by atoms with Crippen molar-refractivity contribution in [3.8, 4) is 0 Å². The van der Waals surface area contributed by atoms with Crippen LogP contribution in [0.2, 0.25) is 5.02 Å². The molecule has 39 heavy (non-hydrogen) atoms. The van der Waals surface area contributed by atoms with Crippen molar-refractivity contribution in [3.05, 3.63) is 52.6 Å². The average molecular weight is 587 g/mol. The Kier molecular flexibility index (Phi) is 7.43. The fourth-order valence-electron chi connectivity index (χ4n) is 5.53. The van der Waals surface area contributed by atoms with Crippen molar-refractivity contribution in [2.75, 3.05) is 29.5 Å². The number of anilines is 3. The Bertz CT molecular complexity index is 1390. The summed E-state index contributed by atoms with van der Waals surface area (Å²) >= 11 is 6.38. The monoisotopic (exact) mass is 586 g/mol. The Hall–Kier alpha value is -2.31. The maximum atomic E-state index is 13.4. The van der Waals surface area contributed by atoms with E-state index >= 15 is 0 Å². The number of aryl methyl sites for hydroxylation is 1. The molecule has 0 bridgehead atoms. The summed E-state index contributed by atoms with van der Waals surface area (Å²) in [6.45, 7) is 11.8. The quantitative estimate of drug-likeness (QED) is 0.361. The number of hydrogen-bond donors (Lipinski definition) is 3. The van der Waals surface area contributed by atoms with Crippen LogP contribution < -0.4 is 21.1 Å². The minimum absolute atomic E-state index is 0.125. The summed E-state index contributed by atoms with van der Waals surface area (Å²) in [5.74, 6) is 1.34. The van der Waals surface area contributed by atoms with E-state index in [0.717, 1.165) is 59.9 Å². The van der Waals surface area contributed by atoms with Crippen LogP contribution in [0.15, 0.2) is 40.6 Å². The molecule has 2 unspecified atom stereocenters. The Morgan fingerprint density at radius 3 is 2.51 bits per heavy atom. The summed E-state index contributed by atoms with van der Waals surface area (Å²) in [5.41, 5.74) is 14.9. The Balaban J connectivity index is 1.37. The van der Waals surface area contributed by atoms with E-state index in [2.05, 4.69) is 44.5 Å². The first-order valence-corrected chi connectivity index (χ1v) is 15.3. The number of halogens is 1. The van der Waals surface area contributed by atoms with Crippen molar-refractivity contribution in [2.24, 2.45) is 5.41 Å². The largest absolute Gasteiger partial charge is 0.598 e. The zero-order valence-electron chi connectivity index (χ0n) is 22.9. The van der Waals surface area contributed by atoms with Crippen molar-refractivity contribution >= 4 is 52.2 Å². The molecule has 1 spiro atoms. The topological polar surface area (TPSA) is 142 Å². The normalized spacial score (nSPS) is 21.3. The van der Waals surface area contributed by atoms with E-state index in [0.29, 0.717) is 15.9 Å². The first-order valence-electron chi connectivity index (χ1n) is 12.9. The third-order valence-corrected chi connectivity index (χ3v) is 11.2. The van der Waals surface area contributed by atoms with Crippen LogP contribution in [0, 0.1) is 12.3 Å². The summed E-state index contributed by atoms with van der Waals surface area (Å²) in [7, 11) is 0. The minimum atomic E-state index is -1.23. The maximum Gasteiger partial charge on any atom is 0.158 e. The molecule has 1 aliphatic heterocycles. The van der Waals surface area contributed by atoms with Crippen molar-refractivity contribution < 1.29 is 4.55 Å². The third kappa shape index (κ3) is 5.15. The summed E-state index contributed by atoms with van der Waals surface area (Å²) in [6.07, 6.45) is 7.91. The highest BCUT2D eigenvalue weighted by Gasteiger charge is 2.59. The molecule has 208 valence electrons. The molecule has 0 amide bonds. The molecule has 3 aromatic heterocycles. The molecule has 1 aliphatic carbocycles. The van der Waals surface area contributed by atoms with E-state index in [9.17, 15) is 4.55 Å². The summed E-state index contributed by atoms with van der Waals surface area (Å²) < 4.78 is 16.6. The lowest BCUT2D eigenvalue weighted by atomic mass is 9.65. The fraction of sp³-hybridized carbons (Fsp3) is 0.481. The number of nitrogens with zero attached hydrogens (tertiary/aromatic N) is 5. The second-order valence-corrected chi connectivity index (χ2v) is 15.0.